The third-order valence-corrected chi connectivity index (χ3v) is 4.82. The first-order chi connectivity index (χ1) is 14.2. The van der Waals surface area contributed by atoms with Crippen LogP contribution in [0, 0.1) is 5.82 Å². The molecule has 0 saturated carbocycles. The van der Waals surface area contributed by atoms with E-state index in [1.165, 1.54) is 12.1 Å². The number of nitrogens with zero attached hydrogens (tertiary/aromatic N) is 5. The van der Waals surface area contributed by atoms with Crippen LogP contribution in [0.5, 0.6) is 5.75 Å². The standard InChI is InChI=1S/C20H16FN5O3/c1-27-15-8-4-12(5-9-15)17-10-26-16(11-28-17)18(23-25-26)20-22-19(24-29-20)13-2-6-14(21)7-3-13/h2-9,17H,10-11H2,1H3/t17-/m0/s1. The largest absolute Gasteiger partial charge is 0.497 e. The van der Waals surface area contributed by atoms with Crippen LogP contribution in [-0.2, 0) is 17.9 Å². The molecule has 1 aliphatic rings. The zero-order valence-electron chi connectivity index (χ0n) is 15.4. The van der Waals surface area contributed by atoms with E-state index in [2.05, 4.69) is 20.5 Å². The molecule has 0 saturated heterocycles. The molecule has 4 aromatic rings. The van der Waals surface area contributed by atoms with Crippen molar-refractivity contribution in [1.82, 2.24) is 25.1 Å². The number of fused-ring (bicyclic) bond motifs is 1. The zero-order valence-corrected chi connectivity index (χ0v) is 15.4. The fraction of sp³-hybridized carbons (Fsp3) is 0.200. The van der Waals surface area contributed by atoms with Crippen molar-refractivity contribution < 1.29 is 18.4 Å². The average molecular weight is 393 g/mol. The molecule has 1 atom stereocenters. The minimum absolute atomic E-state index is 0.139. The van der Waals surface area contributed by atoms with Crippen molar-refractivity contribution in [1.29, 1.82) is 0 Å². The number of benzene rings is 2. The Hall–Kier alpha value is -3.59. The van der Waals surface area contributed by atoms with E-state index < -0.39 is 0 Å². The molecule has 0 aliphatic carbocycles. The summed E-state index contributed by atoms with van der Waals surface area (Å²) in [7, 11) is 1.63. The van der Waals surface area contributed by atoms with Crippen LogP contribution in [0.2, 0.25) is 0 Å². The molecule has 146 valence electrons. The molecule has 8 nitrogen and oxygen atoms in total. The molecule has 29 heavy (non-hydrogen) atoms. The quantitative estimate of drug-likeness (QED) is 0.525. The molecule has 0 spiro atoms. The van der Waals surface area contributed by atoms with Crippen LogP contribution in [0.1, 0.15) is 17.4 Å². The Kier molecular flexibility index (Phi) is 4.28. The van der Waals surface area contributed by atoms with Crippen molar-refractivity contribution in [3.63, 3.8) is 0 Å². The third kappa shape index (κ3) is 3.25. The van der Waals surface area contributed by atoms with Gasteiger partial charge in [-0.1, -0.05) is 22.5 Å². The first-order valence-corrected chi connectivity index (χ1v) is 8.99. The highest BCUT2D eigenvalue weighted by atomic mass is 19.1. The molecule has 0 radical (unpaired) electrons. The number of methoxy groups -OCH3 is 1. The van der Waals surface area contributed by atoms with Gasteiger partial charge in [0.05, 0.1) is 26.0 Å². The van der Waals surface area contributed by atoms with Gasteiger partial charge in [-0.2, -0.15) is 4.98 Å². The lowest BCUT2D eigenvalue weighted by atomic mass is 10.1. The van der Waals surface area contributed by atoms with Gasteiger partial charge in [0.25, 0.3) is 5.89 Å². The maximum absolute atomic E-state index is 13.1. The molecule has 0 bridgehead atoms. The second kappa shape index (κ2) is 7.10. The van der Waals surface area contributed by atoms with Crippen molar-refractivity contribution in [3.05, 3.63) is 65.6 Å². The molecule has 2 aromatic carbocycles. The fourth-order valence-electron chi connectivity index (χ4n) is 3.23. The van der Waals surface area contributed by atoms with Crippen LogP contribution in [0.4, 0.5) is 4.39 Å². The van der Waals surface area contributed by atoms with Crippen LogP contribution in [0.3, 0.4) is 0 Å². The molecular weight excluding hydrogens is 377 g/mol. The number of rotatable bonds is 4. The first-order valence-electron chi connectivity index (χ1n) is 8.99. The molecule has 0 amide bonds. The highest BCUT2D eigenvalue weighted by Gasteiger charge is 2.28. The Labute approximate surface area is 164 Å². The first kappa shape index (κ1) is 17.5. The van der Waals surface area contributed by atoms with Crippen LogP contribution in [0.25, 0.3) is 23.0 Å². The Morgan fingerprint density at radius 2 is 1.90 bits per heavy atom. The van der Waals surface area contributed by atoms with Crippen LogP contribution in [0.15, 0.2) is 53.1 Å². The minimum atomic E-state index is -0.326. The Morgan fingerprint density at radius 1 is 1.10 bits per heavy atom. The van der Waals surface area contributed by atoms with Gasteiger partial charge in [0.2, 0.25) is 5.82 Å². The molecule has 0 fully saturated rings. The monoisotopic (exact) mass is 393 g/mol. The van der Waals surface area contributed by atoms with E-state index >= 15 is 0 Å². The summed E-state index contributed by atoms with van der Waals surface area (Å²) >= 11 is 0. The summed E-state index contributed by atoms with van der Waals surface area (Å²) in [6, 6.07) is 13.6. The summed E-state index contributed by atoms with van der Waals surface area (Å²) < 4.78 is 31.5. The van der Waals surface area contributed by atoms with Gasteiger partial charge in [-0.3, -0.25) is 0 Å². The molecule has 0 N–H and O–H groups in total. The fourth-order valence-corrected chi connectivity index (χ4v) is 3.23. The van der Waals surface area contributed by atoms with E-state index in [-0.39, 0.29) is 17.8 Å². The van der Waals surface area contributed by atoms with E-state index in [0.29, 0.717) is 30.2 Å². The van der Waals surface area contributed by atoms with Gasteiger partial charge in [0, 0.05) is 5.56 Å². The van der Waals surface area contributed by atoms with Crippen molar-refractivity contribution in [2.45, 2.75) is 19.3 Å². The van der Waals surface area contributed by atoms with E-state index in [0.717, 1.165) is 17.0 Å². The molecule has 9 heteroatoms. The number of hydrogen-bond donors (Lipinski definition) is 0. The van der Waals surface area contributed by atoms with Crippen molar-refractivity contribution in [3.8, 4) is 28.7 Å². The summed E-state index contributed by atoms with van der Waals surface area (Å²) in [6.07, 6.45) is -0.139. The molecule has 1 aliphatic heterocycles. The van der Waals surface area contributed by atoms with Crippen molar-refractivity contribution in [2.75, 3.05) is 7.11 Å². The molecular formula is C20H16FN5O3. The lowest BCUT2D eigenvalue weighted by Gasteiger charge is -2.24. The summed E-state index contributed by atoms with van der Waals surface area (Å²) in [6.45, 7) is 0.834. The lowest BCUT2D eigenvalue weighted by Crippen LogP contribution is -2.22. The minimum Gasteiger partial charge on any atom is -0.497 e. The van der Waals surface area contributed by atoms with Gasteiger partial charge in [-0.05, 0) is 42.0 Å². The second-order valence-electron chi connectivity index (χ2n) is 6.57. The third-order valence-electron chi connectivity index (χ3n) is 4.82. The molecule has 3 heterocycles. The van der Waals surface area contributed by atoms with Crippen molar-refractivity contribution in [2.24, 2.45) is 0 Å². The SMILES string of the molecule is COc1ccc([C@@H]2Cn3nnc(-c4nc(-c5ccc(F)cc5)no4)c3CO2)cc1. The smallest absolute Gasteiger partial charge is 0.280 e. The van der Waals surface area contributed by atoms with Gasteiger partial charge in [-0.25, -0.2) is 9.07 Å². The van der Waals surface area contributed by atoms with Gasteiger partial charge >= 0.3 is 0 Å². The van der Waals surface area contributed by atoms with Crippen LogP contribution >= 0.6 is 0 Å². The lowest BCUT2D eigenvalue weighted by molar-refractivity contribution is -0.00119. The Bertz CT molecular complexity index is 1140. The van der Waals surface area contributed by atoms with E-state index in [4.69, 9.17) is 14.0 Å². The Morgan fingerprint density at radius 3 is 2.66 bits per heavy atom. The van der Waals surface area contributed by atoms with Gasteiger partial charge in [0.1, 0.15) is 17.7 Å². The van der Waals surface area contributed by atoms with Crippen LogP contribution in [-0.4, -0.2) is 32.2 Å². The summed E-state index contributed by atoms with van der Waals surface area (Å²) in [4.78, 5) is 4.37. The van der Waals surface area contributed by atoms with E-state index in [1.54, 1.807) is 23.9 Å². The maximum Gasteiger partial charge on any atom is 0.280 e. The number of halogens is 1. The van der Waals surface area contributed by atoms with E-state index in [1.807, 2.05) is 24.3 Å². The average Bonchev–Trinajstić information content (AvgIpc) is 3.41. The Balaban J connectivity index is 1.38. The maximum atomic E-state index is 13.1. The summed E-state index contributed by atoms with van der Waals surface area (Å²) in [5, 5.41) is 12.4. The highest BCUT2D eigenvalue weighted by Crippen LogP contribution is 2.31. The summed E-state index contributed by atoms with van der Waals surface area (Å²) in [5.74, 6) is 1.07. The number of ether oxygens (including phenoxy) is 2. The van der Waals surface area contributed by atoms with Gasteiger partial charge in [-0.15, -0.1) is 5.10 Å². The second-order valence-corrected chi connectivity index (χ2v) is 6.57. The number of aromatic nitrogens is 5. The topological polar surface area (TPSA) is 88.1 Å². The van der Waals surface area contributed by atoms with Gasteiger partial charge in [0.15, 0.2) is 5.69 Å². The van der Waals surface area contributed by atoms with Gasteiger partial charge < -0.3 is 14.0 Å². The van der Waals surface area contributed by atoms with E-state index in [9.17, 15) is 4.39 Å². The number of hydrogen-bond acceptors (Lipinski definition) is 7. The molecule has 0 unspecified atom stereocenters. The predicted molar refractivity (Wildman–Crippen MR) is 99.2 cm³/mol. The van der Waals surface area contributed by atoms with Crippen molar-refractivity contribution >= 4 is 0 Å². The molecule has 5 rings (SSSR count). The normalized spacial score (nSPS) is 15.9. The molecule has 2 aromatic heterocycles. The highest BCUT2D eigenvalue weighted by molar-refractivity contribution is 5.58. The van der Waals surface area contributed by atoms with Crippen LogP contribution < -0.4 is 4.74 Å². The predicted octanol–water partition coefficient (Wildman–Crippen LogP) is 3.41. The summed E-state index contributed by atoms with van der Waals surface area (Å²) in [5.41, 5.74) is 2.94. The zero-order chi connectivity index (χ0) is 19.8.